The average molecular weight is 622 g/mol. The number of carbonyl (C=O) groups is 4. The number of hydrogen-bond donors (Lipinski definition) is 4. The topological polar surface area (TPSA) is 120 Å². The highest BCUT2D eigenvalue weighted by molar-refractivity contribution is 8.00. The zero-order valence-corrected chi connectivity index (χ0v) is 26.3. The first-order valence-electron chi connectivity index (χ1n) is 14.2. The van der Waals surface area contributed by atoms with Crippen LogP contribution in [0.25, 0.3) is 6.08 Å². The second-order valence-electron chi connectivity index (χ2n) is 10.4. The zero-order valence-electron chi connectivity index (χ0n) is 25.5. The fourth-order valence-electron chi connectivity index (χ4n) is 4.13. The van der Waals surface area contributed by atoms with Crippen LogP contribution in [0.5, 0.6) is 0 Å². The summed E-state index contributed by atoms with van der Waals surface area (Å²) >= 11 is 1.37. The van der Waals surface area contributed by atoms with E-state index in [1.165, 1.54) is 18.7 Å². The molecule has 4 amide bonds. The number of anilines is 4. The lowest BCUT2D eigenvalue weighted by Gasteiger charge is -2.14. The summed E-state index contributed by atoms with van der Waals surface area (Å²) in [7, 11) is 3.89. The van der Waals surface area contributed by atoms with Crippen LogP contribution < -0.4 is 26.2 Å². The van der Waals surface area contributed by atoms with E-state index in [-0.39, 0.29) is 17.5 Å². The van der Waals surface area contributed by atoms with E-state index in [0.29, 0.717) is 22.6 Å². The molecule has 4 rings (SSSR count). The molecule has 0 radical (unpaired) electrons. The third-order valence-electron chi connectivity index (χ3n) is 6.52. The van der Waals surface area contributed by atoms with Crippen molar-refractivity contribution in [3.63, 3.8) is 0 Å². The molecule has 0 saturated heterocycles. The molecule has 0 saturated carbocycles. The summed E-state index contributed by atoms with van der Waals surface area (Å²) in [4.78, 5) is 53.1. The Morgan fingerprint density at radius 1 is 0.711 bits per heavy atom. The summed E-state index contributed by atoms with van der Waals surface area (Å²) < 4.78 is 0. The highest BCUT2D eigenvalue weighted by atomic mass is 32.2. The maximum absolute atomic E-state index is 13.4. The molecule has 0 aliphatic rings. The van der Waals surface area contributed by atoms with Crippen LogP contribution >= 0.6 is 11.8 Å². The van der Waals surface area contributed by atoms with Gasteiger partial charge in [0.15, 0.2) is 0 Å². The van der Waals surface area contributed by atoms with E-state index in [1.54, 1.807) is 73.7 Å². The third kappa shape index (κ3) is 9.84. The molecule has 0 spiro atoms. The predicted molar refractivity (Wildman–Crippen MR) is 182 cm³/mol. The number of nitrogens with one attached hydrogen (secondary N) is 4. The Labute approximate surface area is 267 Å². The van der Waals surface area contributed by atoms with Crippen LogP contribution in [0.3, 0.4) is 0 Å². The summed E-state index contributed by atoms with van der Waals surface area (Å²) in [5.41, 5.74) is 4.08. The molecule has 1 unspecified atom stereocenters. The van der Waals surface area contributed by atoms with Crippen molar-refractivity contribution in [2.45, 2.75) is 24.0 Å². The first kappa shape index (κ1) is 32.6. The van der Waals surface area contributed by atoms with Gasteiger partial charge in [-0.25, -0.2) is 0 Å². The number of nitrogens with zero attached hydrogens (tertiary/aromatic N) is 1. The Hall–Kier alpha value is -5.35. The summed E-state index contributed by atoms with van der Waals surface area (Å²) in [6, 6.07) is 30.3. The van der Waals surface area contributed by atoms with Gasteiger partial charge < -0.3 is 26.2 Å². The van der Waals surface area contributed by atoms with Crippen LogP contribution in [0, 0.1) is 0 Å². The smallest absolute Gasteiger partial charge is 0.272 e. The van der Waals surface area contributed by atoms with Gasteiger partial charge in [0.25, 0.3) is 11.8 Å². The third-order valence-corrected chi connectivity index (χ3v) is 7.63. The Kier molecular flexibility index (Phi) is 11.1. The minimum Gasteiger partial charge on any atom is -0.378 e. The van der Waals surface area contributed by atoms with E-state index >= 15 is 0 Å². The van der Waals surface area contributed by atoms with Crippen molar-refractivity contribution < 1.29 is 19.2 Å². The minimum atomic E-state index is -0.478. The summed E-state index contributed by atoms with van der Waals surface area (Å²) in [5.74, 6) is -1.22. The quantitative estimate of drug-likeness (QED) is 0.116. The van der Waals surface area contributed by atoms with Crippen molar-refractivity contribution in [3.05, 3.63) is 120 Å². The van der Waals surface area contributed by atoms with E-state index in [1.807, 2.05) is 61.5 Å². The van der Waals surface area contributed by atoms with Crippen molar-refractivity contribution in [2.75, 3.05) is 34.9 Å². The SMILES string of the molecule is CC(=O)Nc1ccc(NC(=O)C(C)Sc2ccc(NC(=O)/C(=C/c3ccc(N(C)C)cc3)NC(=O)c3ccccc3)cc2)cc1. The highest BCUT2D eigenvalue weighted by Crippen LogP contribution is 2.26. The zero-order chi connectivity index (χ0) is 32.3. The molecular formula is C35H35N5O4S. The number of rotatable bonds is 11. The Morgan fingerprint density at radius 2 is 1.27 bits per heavy atom. The van der Waals surface area contributed by atoms with Crippen molar-refractivity contribution in [3.8, 4) is 0 Å². The molecule has 0 heterocycles. The molecule has 1 atom stereocenters. The standard InChI is InChI=1S/C35H35N5O4S/c1-23(33(42)37-28-14-12-27(13-15-28)36-24(2)41)45-31-20-16-29(17-21-31)38-35(44)32(39-34(43)26-8-6-5-7-9-26)22-25-10-18-30(19-11-25)40(3)4/h5-23H,1-4H3,(H,36,41)(H,37,42)(H,38,44)(H,39,43)/b32-22-. The number of hydrogen-bond acceptors (Lipinski definition) is 6. The Balaban J connectivity index is 1.41. The van der Waals surface area contributed by atoms with Crippen molar-refractivity contribution in [1.29, 1.82) is 0 Å². The molecule has 0 aliphatic carbocycles. The predicted octanol–water partition coefficient (Wildman–Crippen LogP) is 6.24. The molecule has 4 aromatic rings. The normalized spacial score (nSPS) is 11.6. The van der Waals surface area contributed by atoms with Crippen molar-refractivity contribution >= 4 is 64.2 Å². The molecule has 230 valence electrons. The van der Waals surface area contributed by atoms with Crippen molar-refractivity contribution in [2.24, 2.45) is 0 Å². The lowest BCUT2D eigenvalue weighted by Crippen LogP contribution is -2.30. The van der Waals surface area contributed by atoms with Gasteiger partial charge in [0.1, 0.15) is 5.70 Å². The number of carbonyl (C=O) groups excluding carboxylic acids is 4. The van der Waals surface area contributed by atoms with Gasteiger partial charge in [0, 0.05) is 54.2 Å². The van der Waals surface area contributed by atoms with Crippen LogP contribution in [0.15, 0.2) is 114 Å². The van der Waals surface area contributed by atoms with Crippen molar-refractivity contribution in [1.82, 2.24) is 5.32 Å². The monoisotopic (exact) mass is 621 g/mol. The second kappa shape index (κ2) is 15.4. The lowest BCUT2D eigenvalue weighted by molar-refractivity contribution is -0.115. The number of benzene rings is 4. The molecule has 10 heteroatoms. The van der Waals surface area contributed by atoms with Crippen LogP contribution in [0.4, 0.5) is 22.7 Å². The largest absolute Gasteiger partial charge is 0.378 e. The Bertz CT molecular complexity index is 1670. The molecule has 45 heavy (non-hydrogen) atoms. The fourth-order valence-corrected chi connectivity index (χ4v) is 5.00. The van der Waals surface area contributed by atoms with Gasteiger partial charge in [0.05, 0.1) is 5.25 Å². The first-order valence-corrected chi connectivity index (χ1v) is 15.1. The molecule has 9 nitrogen and oxygen atoms in total. The summed E-state index contributed by atoms with van der Waals surface area (Å²) in [5, 5.41) is 10.8. The molecule has 4 aromatic carbocycles. The molecular weight excluding hydrogens is 586 g/mol. The van der Waals surface area contributed by atoms with E-state index in [0.717, 1.165) is 16.1 Å². The van der Waals surface area contributed by atoms with Crippen LogP contribution in [-0.2, 0) is 14.4 Å². The summed E-state index contributed by atoms with van der Waals surface area (Å²) in [6.07, 6.45) is 1.63. The highest BCUT2D eigenvalue weighted by Gasteiger charge is 2.17. The van der Waals surface area contributed by atoms with Gasteiger partial charge in [-0.05, 0) is 91.4 Å². The number of thioether (sulfide) groups is 1. The first-order chi connectivity index (χ1) is 21.6. The fraction of sp³-hybridized carbons (Fsp3) is 0.143. The molecule has 4 N–H and O–H groups in total. The number of amides is 4. The van der Waals surface area contributed by atoms with Gasteiger partial charge in [0.2, 0.25) is 11.8 Å². The minimum absolute atomic E-state index is 0.0929. The maximum Gasteiger partial charge on any atom is 0.272 e. The van der Waals surface area contributed by atoms with E-state index in [4.69, 9.17) is 0 Å². The lowest BCUT2D eigenvalue weighted by atomic mass is 10.1. The summed E-state index contributed by atoms with van der Waals surface area (Å²) in [6.45, 7) is 3.24. The van der Waals surface area contributed by atoms with E-state index in [2.05, 4.69) is 21.3 Å². The molecule has 0 bridgehead atoms. The molecule has 0 fully saturated rings. The molecule has 0 aromatic heterocycles. The van der Waals surface area contributed by atoms with Gasteiger partial charge in [-0.2, -0.15) is 0 Å². The van der Waals surface area contributed by atoms with Gasteiger partial charge >= 0.3 is 0 Å². The van der Waals surface area contributed by atoms with Gasteiger partial charge in [-0.3, -0.25) is 19.2 Å². The Morgan fingerprint density at radius 3 is 1.84 bits per heavy atom. The second-order valence-corrected chi connectivity index (χ2v) is 11.8. The average Bonchev–Trinajstić information content (AvgIpc) is 3.03. The van der Waals surface area contributed by atoms with E-state index in [9.17, 15) is 19.2 Å². The van der Waals surface area contributed by atoms with Gasteiger partial charge in [-0.1, -0.05) is 30.3 Å². The van der Waals surface area contributed by atoms with Gasteiger partial charge in [-0.15, -0.1) is 11.8 Å². The van der Waals surface area contributed by atoms with Crippen LogP contribution in [-0.4, -0.2) is 43.0 Å². The van der Waals surface area contributed by atoms with E-state index < -0.39 is 17.1 Å². The molecule has 0 aliphatic heterocycles. The maximum atomic E-state index is 13.4. The van der Waals surface area contributed by atoms with Crippen LogP contribution in [0.2, 0.25) is 0 Å². The van der Waals surface area contributed by atoms with Crippen LogP contribution in [0.1, 0.15) is 29.8 Å².